The Morgan fingerprint density at radius 3 is 2.35 bits per heavy atom. The van der Waals surface area contributed by atoms with Crippen LogP contribution in [0.1, 0.15) is 28.1 Å². The number of aliphatic imine (C=N–C) groups is 1. The lowest BCUT2D eigenvalue weighted by Gasteiger charge is -2.12. The smallest absolute Gasteiger partial charge is 0.200 e. The summed E-state index contributed by atoms with van der Waals surface area (Å²) in [4.78, 5) is 10.2. The third-order valence-corrected chi connectivity index (χ3v) is 4.79. The Bertz CT molecular complexity index is 749. The highest BCUT2D eigenvalue weighted by atomic mass is 32.1. The maximum atomic E-state index is 10.00. The van der Waals surface area contributed by atoms with Crippen molar-refractivity contribution in [1.82, 2.24) is 15.6 Å². The highest BCUT2D eigenvalue weighted by Crippen LogP contribution is 2.37. The second-order valence-electron chi connectivity index (χ2n) is 5.64. The zero-order valence-corrected chi connectivity index (χ0v) is 16.7. The van der Waals surface area contributed by atoms with Crippen LogP contribution >= 0.6 is 11.3 Å². The van der Waals surface area contributed by atoms with Gasteiger partial charge in [0.25, 0.3) is 0 Å². The van der Waals surface area contributed by atoms with E-state index in [-0.39, 0.29) is 5.75 Å². The van der Waals surface area contributed by atoms with Gasteiger partial charge in [-0.1, -0.05) is 0 Å². The predicted molar refractivity (Wildman–Crippen MR) is 104 cm³/mol. The molecule has 26 heavy (non-hydrogen) atoms. The third kappa shape index (κ3) is 5.01. The van der Waals surface area contributed by atoms with Crippen molar-refractivity contribution in [3.05, 3.63) is 33.3 Å². The van der Waals surface area contributed by atoms with Crippen molar-refractivity contribution in [1.29, 1.82) is 0 Å². The fourth-order valence-electron chi connectivity index (χ4n) is 2.45. The molecule has 0 aliphatic rings. The molecule has 0 aliphatic heterocycles. The SMILES string of the molecule is CCNC(=NCc1cc(OC)c(O)c(OC)c1)NCc1sc(C)nc1C. The van der Waals surface area contributed by atoms with Gasteiger partial charge in [0.15, 0.2) is 17.5 Å². The molecule has 1 heterocycles. The second kappa shape index (κ2) is 9.28. The molecule has 0 fully saturated rings. The van der Waals surface area contributed by atoms with E-state index in [0.717, 1.165) is 22.8 Å². The Balaban J connectivity index is 2.12. The summed E-state index contributed by atoms with van der Waals surface area (Å²) in [6.07, 6.45) is 0. The van der Waals surface area contributed by atoms with E-state index in [1.807, 2.05) is 20.8 Å². The number of phenols is 1. The van der Waals surface area contributed by atoms with Crippen molar-refractivity contribution >= 4 is 17.3 Å². The number of thiazole rings is 1. The maximum Gasteiger partial charge on any atom is 0.200 e. The van der Waals surface area contributed by atoms with Gasteiger partial charge in [-0.3, -0.25) is 0 Å². The van der Waals surface area contributed by atoms with Crippen molar-refractivity contribution in [3.63, 3.8) is 0 Å². The monoisotopic (exact) mass is 378 g/mol. The molecule has 1 aromatic heterocycles. The van der Waals surface area contributed by atoms with E-state index in [2.05, 4.69) is 20.6 Å². The molecule has 0 unspecified atom stereocenters. The van der Waals surface area contributed by atoms with Crippen LogP contribution in [-0.4, -0.2) is 36.8 Å². The van der Waals surface area contributed by atoms with Crippen LogP contribution in [0.5, 0.6) is 17.2 Å². The largest absolute Gasteiger partial charge is 0.502 e. The first-order valence-corrected chi connectivity index (χ1v) is 9.19. The van der Waals surface area contributed by atoms with E-state index >= 15 is 0 Å². The van der Waals surface area contributed by atoms with Crippen LogP contribution in [0.25, 0.3) is 0 Å². The van der Waals surface area contributed by atoms with E-state index in [9.17, 15) is 5.11 Å². The van der Waals surface area contributed by atoms with Gasteiger partial charge in [-0.2, -0.15) is 0 Å². The van der Waals surface area contributed by atoms with Crippen LogP contribution in [0.2, 0.25) is 0 Å². The van der Waals surface area contributed by atoms with E-state index in [1.165, 1.54) is 19.1 Å². The standard InChI is InChI=1S/C18H26N4O3S/c1-6-19-18(21-10-16-11(2)22-12(3)26-16)20-9-13-7-14(24-4)17(23)15(8-13)25-5/h7-8,23H,6,9-10H2,1-5H3,(H2,19,20,21). The Labute approximate surface area is 158 Å². The van der Waals surface area contributed by atoms with Crippen LogP contribution in [0, 0.1) is 13.8 Å². The minimum absolute atomic E-state index is 0.0104. The first-order valence-electron chi connectivity index (χ1n) is 8.37. The minimum Gasteiger partial charge on any atom is -0.502 e. The van der Waals surface area contributed by atoms with Crippen LogP contribution < -0.4 is 20.1 Å². The highest BCUT2D eigenvalue weighted by Gasteiger charge is 2.11. The van der Waals surface area contributed by atoms with E-state index < -0.39 is 0 Å². The number of benzene rings is 1. The van der Waals surface area contributed by atoms with Gasteiger partial charge in [-0.25, -0.2) is 9.98 Å². The lowest BCUT2D eigenvalue weighted by molar-refractivity contribution is 0.339. The molecule has 0 saturated heterocycles. The Morgan fingerprint density at radius 1 is 1.19 bits per heavy atom. The zero-order chi connectivity index (χ0) is 19.1. The van der Waals surface area contributed by atoms with Gasteiger partial charge in [0.1, 0.15) is 0 Å². The first-order chi connectivity index (χ1) is 12.5. The average Bonchev–Trinajstić information content (AvgIpc) is 2.95. The third-order valence-electron chi connectivity index (χ3n) is 3.72. The van der Waals surface area contributed by atoms with Crippen LogP contribution in [-0.2, 0) is 13.1 Å². The lowest BCUT2D eigenvalue weighted by atomic mass is 10.2. The number of hydrogen-bond donors (Lipinski definition) is 3. The number of methoxy groups -OCH3 is 2. The summed E-state index contributed by atoms with van der Waals surface area (Å²) in [5, 5.41) is 17.6. The van der Waals surface area contributed by atoms with E-state index in [4.69, 9.17) is 9.47 Å². The van der Waals surface area contributed by atoms with Gasteiger partial charge in [0.2, 0.25) is 5.75 Å². The summed E-state index contributed by atoms with van der Waals surface area (Å²) in [5.41, 5.74) is 1.92. The maximum absolute atomic E-state index is 10.00. The summed E-state index contributed by atoms with van der Waals surface area (Å²) in [5.74, 6) is 1.43. The summed E-state index contributed by atoms with van der Waals surface area (Å²) >= 11 is 1.68. The molecule has 0 aliphatic carbocycles. The van der Waals surface area contributed by atoms with Crippen molar-refractivity contribution in [2.45, 2.75) is 33.9 Å². The molecular formula is C18H26N4O3S. The molecular weight excluding hydrogens is 352 g/mol. The minimum atomic E-state index is -0.0104. The van der Waals surface area contributed by atoms with Gasteiger partial charge in [-0.05, 0) is 38.5 Å². The van der Waals surface area contributed by atoms with Gasteiger partial charge in [-0.15, -0.1) is 11.3 Å². The molecule has 8 heteroatoms. The number of aromatic nitrogens is 1. The molecule has 2 rings (SSSR count). The van der Waals surface area contributed by atoms with Crippen molar-refractivity contribution < 1.29 is 14.6 Å². The number of guanidine groups is 1. The number of aromatic hydroxyl groups is 1. The Kier molecular flexibility index (Phi) is 7.08. The Morgan fingerprint density at radius 2 is 1.85 bits per heavy atom. The second-order valence-corrected chi connectivity index (χ2v) is 6.93. The number of ether oxygens (including phenoxy) is 2. The zero-order valence-electron chi connectivity index (χ0n) is 15.8. The molecule has 0 spiro atoms. The fourth-order valence-corrected chi connectivity index (χ4v) is 3.33. The van der Waals surface area contributed by atoms with Crippen LogP contribution in [0.3, 0.4) is 0 Å². The topological polar surface area (TPSA) is 88.0 Å². The van der Waals surface area contributed by atoms with Crippen LogP contribution in [0.4, 0.5) is 0 Å². The average molecular weight is 378 g/mol. The normalized spacial score (nSPS) is 11.3. The van der Waals surface area contributed by atoms with Gasteiger partial charge < -0.3 is 25.2 Å². The molecule has 0 atom stereocenters. The fraction of sp³-hybridized carbons (Fsp3) is 0.444. The number of rotatable bonds is 7. The lowest BCUT2D eigenvalue weighted by Crippen LogP contribution is -2.36. The number of nitrogens with one attached hydrogen (secondary N) is 2. The predicted octanol–water partition coefficient (Wildman–Crippen LogP) is 2.74. The molecule has 0 saturated carbocycles. The molecule has 2 aromatic rings. The van der Waals surface area contributed by atoms with Crippen molar-refractivity contribution in [2.75, 3.05) is 20.8 Å². The van der Waals surface area contributed by atoms with Crippen molar-refractivity contribution in [2.24, 2.45) is 4.99 Å². The highest BCUT2D eigenvalue weighted by molar-refractivity contribution is 7.11. The number of nitrogens with zero attached hydrogens (tertiary/aromatic N) is 2. The number of phenolic OH excluding ortho intramolecular Hbond substituents is 1. The molecule has 3 N–H and O–H groups in total. The van der Waals surface area contributed by atoms with Gasteiger partial charge >= 0.3 is 0 Å². The number of aryl methyl sites for hydroxylation is 2. The van der Waals surface area contributed by atoms with Crippen LogP contribution in [0.15, 0.2) is 17.1 Å². The summed E-state index contributed by atoms with van der Waals surface area (Å²) in [6, 6.07) is 3.50. The molecule has 1 aromatic carbocycles. The first kappa shape index (κ1) is 19.8. The summed E-state index contributed by atoms with van der Waals surface area (Å²) in [7, 11) is 3.01. The Hall–Kier alpha value is -2.48. The van der Waals surface area contributed by atoms with Gasteiger partial charge in [0.05, 0.1) is 38.0 Å². The number of hydrogen-bond acceptors (Lipinski definition) is 6. The molecule has 142 valence electrons. The molecule has 0 bridgehead atoms. The van der Waals surface area contributed by atoms with E-state index in [1.54, 1.807) is 23.5 Å². The molecule has 0 radical (unpaired) electrons. The molecule has 7 nitrogen and oxygen atoms in total. The van der Waals surface area contributed by atoms with E-state index in [0.29, 0.717) is 30.5 Å². The van der Waals surface area contributed by atoms with Crippen molar-refractivity contribution in [3.8, 4) is 17.2 Å². The summed E-state index contributed by atoms with van der Waals surface area (Å²) < 4.78 is 10.4. The molecule has 0 amide bonds. The quantitative estimate of drug-likeness (QED) is 0.507. The van der Waals surface area contributed by atoms with Gasteiger partial charge in [0, 0.05) is 11.4 Å². The summed E-state index contributed by atoms with van der Waals surface area (Å²) in [6.45, 7) is 7.89.